The molecular formula is C11H14F3NO. The molecule has 0 amide bonds. The van der Waals surface area contributed by atoms with E-state index in [0.29, 0.717) is 25.1 Å². The van der Waals surface area contributed by atoms with Gasteiger partial charge >= 0.3 is 6.18 Å². The lowest BCUT2D eigenvalue weighted by Gasteiger charge is -2.12. The zero-order valence-corrected chi connectivity index (χ0v) is 8.97. The minimum atomic E-state index is -4.33. The molecule has 16 heavy (non-hydrogen) atoms. The van der Waals surface area contributed by atoms with Crippen molar-refractivity contribution >= 4 is 0 Å². The van der Waals surface area contributed by atoms with E-state index in [1.54, 1.807) is 6.92 Å². The molecule has 2 nitrogen and oxygen atoms in total. The minimum absolute atomic E-state index is 0.267. The fourth-order valence-corrected chi connectivity index (χ4v) is 1.20. The van der Waals surface area contributed by atoms with Gasteiger partial charge in [0.2, 0.25) is 0 Å². The first-order valence-corrected chi connectivity index (χ1v) is 4.96. The van der Waals surface area contributed by atoms with E-state index in [0.717, 1.165) is 12.1 Å². The van der Waals surface area contributed by atoms with Crippen LogP contribution in [0, 0.1) is 6.92 Å². The Hall–Kier alpha value is -1.23. The standard InChI is InChI=1S/C11H14F3NO/c1-8-3-4-9(11(12,13)14)7-10(8)16-6-2-5-15/h3-4,7H,2,5-6,15H2,1H3. The van der Waals surface area contributed by atoms with E-state index in [1.165, 1.54) is 6.07 Å². The van der Waals surface area contributed by atoms with Crippen molar-refractivity contribution in [1.29, 1.82) is 0 Å². The van der Waals surface area contributed by atoms with Gasteiger partial charge in [0, 0.05) is 0 Å². The highest BCUT2D eigenvalue weighted by Crippen LogP contribution is 2.32. The molecule has 2 N–H and O–H groups in total. The lowest BCUT2D eigenvalue weighted by atomic mass is 10.1. The minimum Gasteiger partial charge on any atom is -0.493 e. The van der Waals surface area contributed by atoms with Crippen molar-refractivity contribution in [3.05, 3.63) is 29.3 Å². The van der Waals surface area contributed by atoms with E-state index in [2.05, 4.69) is 0 Å². The van der Waals surface area contributed by atoms with Crippen LogP contribution in [0.3, 0.4) is 0 Å². The first-order valence-electron chi connectivity index (χ1n) is 4.96. The maximum Gasteiger partial charge on any atom is 0.416 e. The van der Waals surface area contributed by atoms with Crippen LogP contribution in [0.25, 0.3) is 0 Å². The number of ether oxygens (including phenoxy) is 1. The molecule has 0 fully saturated rings. The van der Waals surface area contributed by atoms with Gasteiger partial charge in [-0.25, -0.2) is 0 Å². The number of rotatable bonds is 4. The summed E-state index contributed by atoms with van der Waals surface area (Å²) in [5.41, 5.74) is 5.26. The van der Waals surface area contributed by atoms with Crippen molar-refractivity contribution in [2.75, 3.05) is 13.2 Å². The molecule has 0 atom stereocenters. The zero-order valence-electron chi connectivity index (χ0n) is 8.97. The Morgan fingerprint density at radius 3 is 2.56 bits per heavy atom. The Kier molecular flexibility index (Phi) is 4.18. The van der Waals surface area contributed by atoms with Crippen molar-refractivity contribution in [3.8, 4) is 5.75 Å². The Bertz CT molecular complexity index is 350. The van der Waals surface area contributed by atoms with Gasteiger partial charge in [0.05, 0.1) is 12.2 Å². The van der Waals surface area contributed by atoms with E-state index >= 15 is 0 Å². The van der Waals surface area contributed by atoms with Crippen LogP contribution in [0.1, 0.15) is 17.5 Å². The highest BCUT2D eigenvalue weighted by atomic mass is 19.4. The van der Waals surface area contributed by atoms with Crippen LogP contribution in [0.5, 0.6) is 5.75 Å². The molecule has 90 valence electrons. The fraction of sp³-hybridized carbons (Fsp3) is 0.455. The monoisotopic (exact) mass is 233 g/mol. The van der Waals surface area contributed by atoms with Gasteiger partial charge in [0.15, 0.2) is 0 Å². The van der Waals surface area contributed by atoms with Crippen LogP contribution in [0.4, 0.5) is 13.2 Å². The summed E-state index contributed by atoms with van der Waals surface area (Å²) in [6.07, 6.45) is -3.71. The van der Waals surface area contributed by atoms with Crippen LogP contribution in [0.15, 0.2) is 18.2 Å². The first-order chi connectivity index (χ1) is 7.45. The molecular weight excluding hydrogens is 219 g/mol. The number of alkyl halides is 3. The van der Waals surface area contributed by atoms with Crippen molar-refractivity contribution < 1.29 is 17.9 Å². The lowest BCUT2D eigenvalue weighted by molar-refractivity contribution is -0.137. The smallest absolute Gasteiger partial charge is 0.416 e. The van der Waals surface area contributed by atoms with E-state index in [4.69, 9.17) is 10.5 Å². The molecule has 0 spiro atoms. The summed E-state index contributed by atoms with van der Waals surface area (Å²) in [6, 6.07) is 3.47. The van der Waals surface area contributed by atoms with Gasteiger partial charge in [0.25, 0.3) is 0 Å². The molecule has 1 aromatic carbocycles. The third-order valence-corrected chi connectivity index (χ3v) is 2.12. The summed E-state index contributed by atoms with van der Waals surface area (Å²) in [5.74, 6) is 0.267. The van der Waals surface area contributed by atoms with Crippen LogP contribution in [-0.4, -0.2) is 13.2 Å². The van der Waals surface area contributed by atoms with Crippen molar-refractivity contribution in [2.24, 2.45) is 5.73 Å². The van der Waals surface area contributed by atoms with Crippen LogP contribution in [-0.2, 0) is 6.18 Å². The molecule has 1 rings (SSSR count). The number of benzene rings is 1. The van der Waals surface area contributed by atoms with Gasteiger partial charge in [-0.1, -0.05) is 6.07 Å². The maximum absolute atomic E-state index is 12.4. The molecule has 0 aliphatic rings. The first kappa shape index (κ1) is 12.8. The number of nitrogens with two attached hydrogens (primary N) is 1. The second kappa shape index (κ2) is 5.21. The molecule has 0 heterocycles. The SMILES string of the molecule is Cc1ccc(C(F)(F)F)cc1OCCCN. The average molecular weight is 233 g/mol. The number of hydrogen-bond donors (Lipinski definition) is 1. The maximum atomic E-state index is 12.4. The average Bonchev–Trinajstić information content (AvgIpc) is 2.19. The molecule has 0 saturated heterocycles. The third kappa shape index (κ3) is 3.41. The molecule has 0 radical (unpaired) electrons. The molecule has 5 heteroatoms. The Balaban J connectivity index is 2.83. The Labute approximate surface area is 92.2 Å². The quantitative estimate of drug-likeness (QED) is 0.811. The van der Waals surface area contributed by atoms with Gasteiger partial charge in [-0.05, 0) is 37.6 Å². The zero-order chi connectivity index (χ0) is 12.2. The molecule has 0 unspecified atom stereocenters. The molecule has 0 aliphatic heterocycles. The fourth-order valence-electron chi connectivity index (χ4n) is 1.20. The summed E-state index contributed by atoms with van der Waals surface area (Å²) in [7, 11) is 0. The Morgan fingerprint density at radius 2 is 2.00 bits per heavy atom. The van der Waals surface area contributed by atoms with Gasteiger partial charge in [0.1, 0.15) is 5.75 Å². The molecule has 0 saturated carbocycles. The van der Waals surface area contributed by atoms with E-state index in [1.807, 2.05) is 0 Å². The topological polar surface area (TPSA) is 35.2 Å². The van der Waals surface area contributed by atoms with Crippen molar-refractivity contribution in [3.63, 3.8) is 0 Å². The second-order valence-electron chi connectivity index (χ2n) is 3.47. The lowest BCUT2D eigenvalue weighted by Crippen LogP contribution is -2.09. The Morgan fingerprint density at radius 1 is 1.31 bits per heavy atom. The largest absolute Gasteiger partial charge is 0.493 e. The van der Waals surface area contributed by atoms with Crippen LogP contribution >= 0.6 is 0 Å². The number of hydrogen-bond acceptors (Lipinski definition) is 2. The number of halogens is 3. The van der Waals surface area contributed by atoms with Gasteiger partial charge in [-0.15, -0.1) is 0 Å². The molecule has 1 aromatic rings. The van der Waals surface area contributed by atoms with Crippen molar-refractivity contribution in [1.82, 2.24) is 0 Å². The van der Waals surface area contributed by atoms with Crippen molar-refractivity contribution in [2.45, 2.75) is 19.5 Å². The predicted octanol–water partition coefficient (Wildman–Crippen LogP) is 2.74. The van der Waals surface area contributed by atoms with Crippen LogP contribution < -0.4 is 10.5 Å². The second-order valence-corrected chi connectivity index (χ2v) is 3.47. The van der Waals surface area contributed by atoms with Gasteiger partial charge in [-0.3, -0.25) is 0 Å². The van der Waals surface area contributed by atoms with E-state index in [-0.39, 0.29) is 5.75 Å². The van der Waals surface area contributed by atoms with E-state index < -0.39 is 11.7 Å². The van der Waals surface area contributed by atoms with E-state index in [9.17, 15) is 13.2 Å². The summed E-state index contributed by atoms with van der Waals surface area (Å²) >= 11 is 0. The summed E-state index contributed by atoms with van der Waals surface area (Å²) in [6.45, 7) is 2.49. The predicted molar refractivity (Wildman–Crippen MR) is 55.3 cm³/mol. The highest BCUT2D eigenvalue weighted by Gasteiger charge is 2.30. The summed E-state index contributed by atoms with van der Waals surface area (Å²) in [4.78, 5) is 0. The third-order valence-electron chi connectivity index (χ3n) is 2.12. The van der Waals surface area contributed by atoms with Gasteiger partial charge < -0.3 is 10.5 Å². The number of aryl methyl sites for hydroxylation is 1. The van der Waals surface area contributed by atoms with Gasteiger partial charge in [-0.2, -0.15) is 13.2 Å². The molecule has 0 aliphatic carbocycles. The summed E-state index contributed by atoms with van der Waals surface area (Å²) in [5, 5.41) is 0. The molecule has 0 aromatic heterocycles. The summed E-state index contributed by atoms with van der Waals surface area (Å²) < 4.78 is 42.5. The highest BCUT2D eigenvalue weighted by molar-refractivity contribution is 5.37. The van der Waals surface area contributed by atoms with Crippen LogP contribution in [0.2, 0.25) is 0 Å². The normalized spacial score (nSPS) is 11.6. The molecule has 0 bridgehead atoms.